The number of morpholine rings is 1. The van der Waals surface area contributed by atoms with Crippen LogP contribution >= 0.6 is 0 Å². The van der Waals surface area contributed by atoms with Gasteiger partial charge in [-0.05, 0) is 36.3 Å². The lowest BCUT2D eigenvalue weighted by Gasteiger charge is -2.40. The number of nitrogens with zero attached hydrogens (tertiary/aromatic N) is 1. The number of rotatable bonds is 5. The molecule has 31 heavy (non-hydrogen) atoms. The minimum absolute atomic E-state index is 0.376. The molecule has 1 heterocycles. The van der Waals surface area contributed by atoms with Crippen molar-refractivity contribution in [3.8, 4) is 0 Å². The van der Waals surface area contributed by atoms with E-state index in [0.29, 0.717) is 43.0 Å². The Balaban J connectivity index is 2.15. The molecule has 0 bridgehead atoms. The minimum atomic E-state index is -0.745. The highest BCUT2D eigenvalue weighted by atomic mass is 16.5. The molecule has 1 aromatic carbocycles. The normalized spacial score (nSPS) is 21.3. The molecule has 0 radical (unpaired) electrons. The number of esters is 3. The summed E-state index contributed by atoms with van der Waals surface area (Å²) in [6.45, 7) is 4.20. The molecule has 1 aliphatic carbocycles. The molecule has 2 atom stereocenters. The molecule has 1 aromatic rings. The van der Waals surface area contributed by atoms with E-state index in [1.54, 1.807) is 24.3 Å². The average Bonchev–Trinajstić information content (AvgIpc) is 2.82. The highest BCUT2D eigenvalue weighted by Gasteiger charge is 2.44. The third-order valence-corrected chi connectivity index (χ3v) is 5.68. The zero-order valence-electron chi connectivity index (χ0n) is 18.2. The Morgan fingerprint density at radius 2 is 1.55 bits per heavy atom. The van der Waals surface area contributed by atoms with Crippen molar-refractivity contribution in [2.45, 2.75) is 12.8 Å². The van der Waals surface area contributed by atoms with E-state index >= 15 is 0 Å². The number of carbonyl (C=O) groups excluding carboxylic acids is 3. The Morgan fingerprint density at radius 1 is 0.935 bits per heavy atom. The standard InChI is InChI=1S/C23H27NO7/c1-14-13-17(24-9-11-31-12-10-24)20(23(27)30-4)19(18(14)22(26)29-3)15-5-7-16(8-6-15)21(25)28-2/h5-8,13,19-20H,9-12H2,1-4H3/t19-,20-/m1/s1. The first-order valence-electron chi connectivity index (χ1n) is 10.0. The van der Waals surface area contributed by atoms with Gasteiger partial charge in [-0.1, -0.05) is 12.1 Å². The van der Waals surface area contributed by atoms with Crippen LogP contribution in [0, 0.1) is 5.92 Å². The number of allylic oxidation sites excluding steroid dienone is 2. The van der Waals surface area contributed by atoms with Crippen LogP contribution in [0.25, 0.3) is 0 Å². The van der Waals surface area contributed by atoms with E-state index in [1.807, 2.05) is 13.0 Å². The van der Waals surface area contributed by atoms with E-state index in [2.05, 4.69) is 4.90 Å². The van der Waals surface area contributed by atoms with Crippen molar-refractivity contribution in [1.82, 2.24) is 4.90 Å². The van der Waals surface area contributed by atoms with Crippen LogP contribution < -0.4 is 0 Å². The van der Waals surface area contributed by atoms with Crippen LogP contribution in [0.2, 0.25) is 0 Å². The molecule has 0 N–H and O–H groups in total. The first kappa shape index (κ1) is 22.6. The van der Waals surface area contributed by atoms with Crippen molar-refractivity contribution in [1.29, 1.82) is 0 Å². The monoisotopic (exact) mass is 429 g/mol. The second kappa shape index (κ2) is 9.78. The van der Waals surface area contributed by atoms with Gasteiger partial charge in [-0.15, -0.1) is 0 Å². The van der Waals surface area contributed by atoms with Gasteiger partial charge in [0, 0.05) is 30.3 Å². The zero-order valence-corrected chi connectivity index (χ0v) is 18.2. The Labute approximate surface area is 181 Å². The molecule has 8 nitrogen and oxygen atoms in total. The molecule has 1 aliphatic heterocycles. The zero-order chi connectivity index (χ0) is 22.5. The largest absolute Gasteiger partial charge is 0.468 e. The summed E-state index contributed by atoms with van der Waals surface area (Å²) in [5.74, 6) is -2.80. The number of benzene rings is 1. The van der Waals surface area contributed by atoms with Gasteiger partial charge in [0.05, 0.1) is 40.1 Å². The van der Waals surface area contributed by atoms with Crippen LogP contribution in [0.3, 0.4) is 0 Å². The maximum atomic E-state index is 13.0. The van der Waals surface area contributed by atoms with Crippen molar-refractivity contribution in [2.75, 3.05) is 47.6 Å². The molecule has 8 heteroatoms. The highest BCUT2D eigenvalue weighted by Crippen LogP contribution is 2.44. The van der Waals surface area contributed by atoms with Crippen molar-refractivity contribution >= 4 is 17.9 Å². The van der Waals surface area contributed by atoms with Crippen LogP contribution in [0.4, 0.5) is 0 Å². The number of methoxy groups -OCH3 is 3. The van der Waals surface area contributed by atoms with Crippen LogP contribution in [0.15, 0.2) is 47.2 Å². The highest BCUT2D eigenvalue weighted by molar-refractivity contribution is 5.95. The van der Waals surface area contributed by atoms with Gasteiger partial charge >= 0.3 is 17.9 Å². The summed E-state index contributed by atoms with van der Waals surface area (Å²) in [5.41, 5.74) is 2.96. The van der Waals surface area contributed by atoms with Gasteiger partial charge in [-0.3, -0.25) is 4.79 Å². The van der Waals surface area contributed by atoms with Crippen molar-refractivity contribution in [3.05, 3.63) is 58.3 Å². The van der Waals surface area contributed by atoms with Gasteiger partial charge < -0.3 is 23.8 Å². The molecule has 0 aromatic heterocycles. The minimum Gasteiger partial charge on any atom is -0.468 e. The fourth-order valence-electron chi connectivity index (χ4n) is 4.17. The summed E-state index contributed by atoms with van der Waals surface area (Å²) in [6, 6.07) is 6.69. The summed E-state index contributed by atoms with van der Waals surface area (Å²) < 4.78 is 20.4. The van der Waals surface area contributed by atoms with Gasteiger partial charge in [0.25, 0.3) is 0 Å². The molecular formula is C23H27NO7. The molecule has 0 spiro atoms. The predicted octanol–water partition coefficient (Wildman–Crippen LogP) is 2.07. The Morgan fingerprint density at radius 3 is 2.10 bits per heavy atom. The number of carbonyl (C=O) groups is 3. The van der Waals surface area contributed by atoms with Gasteiger partial charge in [-0.25, -0.2) is 9.59 Å². The van der Waals surface area contributed by atoms with E-state index in [0.717, 1.165) is 11.3 Å². The topological polar surface area (TPSA) is 91.4 Å². The van der Waals surface area contributed by atoms with Gasteiger partial charge in [0.2, 0.25) is 0 Å². The van der Waals surface area contributed by atoms with Crippen molar-refractivity contribution < 1.29 is 33.3 Å². The van der Waals surface area contributed by atoms with Crippen LogP contribution in [0.5, 0.6) is 0 Å². The summed E-state index contributed by atoms with van der Waals surface area (Å²) in [6.07, 6.45) is 1.86. The number of hydrogen-bond donors (Lipinski definition) is 0. The molecule has 0 amide bonds. The van der Waals surface area contributed by atoms with Crippen LogP contribution in [-0.2, 0) is 28.5 Å². The molecule has 0 saturated carbocycles. The smallest absolute Gasteiger partial charge is 0.337 e. The van der Waals surface area contributed by atoms with Gasteiger partial charge in [0.15, 0.2) is 0 Å². The van der Waals surface area contributed by atoms with Gasteiger partial charge in [-0.2, -0.15) is 0 Å². The Kier molecular flexibility index (Phi) is 7.12. The maximum absolute atomic E-state index is 13.0. The quantitative estimate of drug-likeness (QED) is 0.519. The molecule has 3 rings (SSSR count). The summed E-state index contributed by atoms with van der Waals surface area (Å²) in [5, 5.41) is 0. The SMILES string of the molecule is COC(=O)C1=C(C)C=C(N2CCOCC2)[C@@H](C(=O)OC)[C@@H]1c1ccc(C(=O)OC)cc1. The molecule has 2 aliphatic rings. The Hall–Kier alpha value is -3.13. The summed E-state index contributed by atoms with van der Waals surface area (Å²) >= 11 is 0. The average molecular weight is 429 g/mol. The lowest BCUT2D eigenvalue weighted by molar-refractivity contribution is -0.145. The molecule has 1 fully saturated rings. The second-order valence-corrected chi connectivity index (χ2v) is 7.35. The van der Waals surface area contributed by atoms with Crippen LogP contribution in [-0.4, -0.2) is 70.4 Å². The fourth-order valence-corrected chi connectivity index (χ4v) is 4.17. The maximum Gasteiger partial charge on any atom is 0.337 e. The van der Waals surface area contributed by atoms with Crippen molar-refractivity contribution in [2.24, 2.45) is 5.92 Å². The lowest BCUT2D eigenvalue weighted by atomic mass is 9.73. The summed E-state index contributed by atoms with van der Waals surface area (Å²) in [7, 11) is 3.96. The number of ether oxygens (including phenoxy) is 4. The number of hydrogen-bond acceptors (Lipinski definition) is 8. The fraction of sp³-hybridized carbons (Fsp3) is 0.435. The molecular weight excluding hydrogens is 402 g/mol. The first-order chi connectivity index (χ1) is 14.9. The van der Waals surface area contributed by atoms with E-state index in [-0.39, 0.29) is 0 Å². The Bertz CT molecular complexity index is 910. The van der Waals surface area contributed by atoms with Crippen LogP contribution in [0.1, 0.15) is 28.8 Å². The third kappa shape index (κ3) is 4.49. The predicted molar refractivity (Wildman–Crippen MR) is 111 cm³/mol. The molecule has 1 saturated heterocycles. The lowest BCUT2D eigenvalue weighted by Crippen LogP contribution is -2.43. The summed E-state index contributed by atoms with van der Waals surface area (Å²) in [4.78, 5) is 39.7. The van der Waals surface area contributed by atoms with E-state index in [9.17, 15) is 14.4 Å². The van der Waals surface area contributed by atoms with Crippen molar-refractivity contribution in [3.63, 3.8) is 0 Å². The molecule has 166 valence electrons. The first-order valence-corrected chi connectivity index (χ1v) is 10.0. The van der Waals surface area contributed by atoms with Gasteiger partial charge in [0.1, 0.15) is 5.92 Å². The van der Waals surface area contributed by atoms with E-state index in [4.69, 9.17) is 18.9 Å². The third-order valence-electron chi connectivity index (χ3n) is 5.68. The van der Waals surface area contributed by atoms with E-state index in [1.165, 1.54) is 21.3 Å². The molecule has 0 unspecified atom stereocenters. The van der Waals surface area contributed by atoms with E-state index < -0.39 is 29.7 Å². The second-order valence-electron chi connectivity index (χ2n) is 7.35.